The van der Waals surface area contributed by atoms with E-state index in [0.717, 1.165) is 19.8 Å². The molecule has 0 saturated carbocycles. The molecule has 78 valence electrons. The Hall–Kier alpha value is -0.570. The van der Waals surface area contributed by atoms with Gasteiger partial charge in [0, 0.05) is 6.54 Å². The summed E-state index contributed by atoms with van der Waals surface area (Å²) in [6.45, 7) is 4.69. The molecule has 0 spiro atoms. The van der Waals surface area contributed by atoms with Gasteiger partial charge in [-0.3, -0.25) is 0 Å². The topological polar surface area (TPSA) is 21.3 Å². The van der Waals surface area contributed by atoms with Gasteiger partial charge in [0.15, 0.2) is 0 Å². The number of nitrogens with one attached hydrogen (secondary N) is 1. The molecule has 0 unspecified atom stereocenters. The van der Waals surface area contributed by atoms with E-state index < -0.39 is 0 Å². The lowest BCUT2D eigenvalue weighted by Gasteiger charge is -2.24. The molecule has 0 bridgehead atoms. The molecule has 14 heavy (non-hydrogen) atoms. The van der Waals surface area contributed by atoms with Crippen LogP contribution >= 0.6 is 12.4 Å². The molecule has 1 heterocycles. The molecule has 1 aromatic rings. The number of hydrogen-bond acceptors (Lipinski definition) is 2. The van der Waals surface area contributed by atoms with E-state index >= 15 is 0 Å². The average molecular weight is 214 g/mol. The number of benzene rings is 1. The summed E-state index contributed by atoms with van der Waals surface area (Å²) in [5, 5.41) is 3.43. The minimum absolute atomic E-state index is 0. The van der Waals surface area contributed by atoms with Crippen LogP contribution in [0.5, 0.6) is 0 Å². The standard InChI is InChI=1S/C11H15NO.ClH/c1-9-2-4-10(5-3-9)11-8-13-7-6-12-11;/h2-5,11-12H,6-8H2,1H3;1H/t11-;/m0./s1. The number of aryl methyl sites for hydroxylation is 1. The predicted octanol–water partition coefficient (Wildman–Crippen LogP) is 2.08. The van der Waals surface area contributed by atoms with Crippen molar-refractivity contribution >= 4 is 12.4 Å². The van der Waals surface area contributed by atoms with Crippen molar-refractivity contribution in [3.8, 4) is 0 Å². The van der Waals surface area contributed by atoms with Crippen LogP contribution in [0.3, 0.4) is 0 Å². The molecule has 1 fully saturated rings. The third-order valence-electron chi connectivity index (χ3n) is 2.40. The highest BCUT2D eigenvalue weighted by Crippen LogP contribution is 2.15. The molecule has 1 N–H and O–H groups in total. The van der Waals surface area contributed by atoms with Crippen LogP contribution in [-0.4, -0.2) is 19.8 Å². The van der Waals surface area contributed by atoms with Crippen LogP contribution in [0, 0.1) is 6.92 Å². The van der Waals surface area contributed by atoms with Crippen molar-refractivity contribution in [2.45, 2.75) is 13.0 Å². The number of rotatable bonds is 1. The zero-order valence-corrected chi connectivity index (χ0v) is 9.14. The molecule has 1 atom stereocenters. The van der Waals surface area contributed by atoms with Crippen LogP contribution in [0.1, 0.15) is 17.2 Å². The smallest absolute Gasteiger partial charge is 0.0662 e. The molecule has 3 heteroatoms. The second kappa shape index (κ2) is 5.35. The number of halogens is 1. The van der Waals surface area contributed by atoms with Gasteiger partial charge in [0.05, 0.1) is 19.3 Å². The Morgan fingerprint density at radius 2 is 2.00 bits per heavy atom. The van der Waals surface area contributed by atoms with Gasteiger partial charge in [-0.2, -0.15) is 0 Å². The first kappa shape index (κ1) is 11.5. The van der Waals surface area contributed by atoms with Gasteiger partial charge in [-0.1, -0.05) is 29.8 Å². The molecular formula is C11H16ClNO. The van der Waals surface area contributed by atoms with E-state index in [1.807, 2.05) is 0 Å². The van der Waals surface area contributed by atoms with Crippen molar-refractivity contribution in [3.63, 3.8) is 0 Å². The van der Waals surface area contributed by atoms with Crippen LogP contribution < -0.4 is 5.32 Å². The molecular weight excluding hydrogens is 198 g/mol. The van der Waals surface area contributed by atoms with E-state index in [2.05, 4.69) is 36.5 Å². The quantitative estimate of drug-likeness (QED) is 0.772. The summed E-state index contributed by atoms with van der Waals surface area (Å²) >= 11 is 0. The van der Waals surface area contributed by atoms with E-state index in [4.69, 9.17) is 4.74 Å². The second-order valence-corrected chi connectivity index (χ2v) is 3.49. The van der Waals surface area contributed by atoms with Crippen LogP contribution in [0.25, 0.3) is 0 Å². The highest BCUT2D eigenvalue weighted by atomic mass is 35.5. The van der Waals surface area contributed by atoms with E-state index in [1.165, 1.54) is 11.1 Å². The Bertz CT molecular complexity index is 267. The van der Waals surface area contributed by atoms with Gasteiger partial charge in [0.2, 0.25) is 0 Å². The van der Waals surface area contributed by atoms with Gasteiger partial charge >= 0.3 is 0 Å². The summed E-state index contributed by atoms with van der Waals surface area (Å²) in [4.78, 5) is 0. The second-order valence-electron chi connectivity index (χ2n) is 3.49. The van der Waals surface area contributed by atoms with Crippen molar-refractivity contribution in [2.24, 2.45) is 0 Å². The molecule has 2 nitrogen and oxygen atoms in total. The molecule has 0 aliphatic carbocycles. The Morgan fingerprint density at radius 3 is 2.57 bits per heavy atom. The minimum atomic E-state index is 0. The fourth-order valence-corrected chi connectivity index (χ4v) is 1.58. The van der Waals surface area contributed by atoms with Crippen molar-refractivity contribution < 1.29 is 4.74 Å². The molecule has 1 saturated heterocycles. The lowest BCUT2D eigenvalue weighted by Crippen LogP contribution is -2.34. The summed E-state index contributed by atoms with van der Waals surface area (Å²) in [7, 11) is 0. The van der Waals surface area contributed by atoms with Crippen molar-refractivity contribution in [2.75, 3.05) is 19.8 Å². The summed E-state index contributed by atoms with van der Waals surface area (Å²) in [5.74, 6) is 0. The average Bonchev–Trinajstić information content (AvgIpc) is 2.20. The van der Waals surface area contributed by atoms with Gasteiger partial charge < -0.3 is 10.1 Å². The summed E-state index contributed by atoms with van der Waals surface area (Å²) in [5.41, 5.74) is 2.63. The highest BCUT2D eigenvalue weighted by Gasteiger charge is 2.14. The zero-order chi connectivity index (χ0) is 9.10. The number of morpholine rings is 1. The first-order valence-electron chi connectivity index (χ1n) is 4.74. The van der Waals surface area contributed by atoms with E-state index in [-0.39, 0.29) is 12.4 Å². The lowest BCUT2D eigenvalue weighted by atomic mass is 10.1. The van der Waals surface area contributed by atoms with Gasteiger partial charge in [-0.05, 0) is 12.5 Å². The van der Waals surface area contributed by atoms with E-state index in [0.29, 0.717) is 6.04 Å². The maximum Gasteiger partial charge on any atom is 0.0662 e. The van der Waals surface area contributed by atoms with Crippen molar-refractivity contribution in [1.82, 2.24) is 5.32 Å². The molecule has 1 aliphatic rings. The third kappa shape index (κ3) is 2.71. The summed E-state index contributed by atoms with van der Waals surface area (Å²) in [6, 6.07) is 9.01. The SMILES string of the molecule is Cc1ccc([C@@H]2COCCN2)cc1.Cl. The molecule has 0 aromatic heterocycles. The number of ether oxygens (including phenoxy) is 1. The van der Waals surface area contributed by atoms with Crippen molar-refractivity contribution in [3.05, 3.63) is 35.4 Å². The van der Waals surface area contributed by atoms with Gasteiger partial charge in [-0.25, -0.2) is 0 Å². The molecule has 0 amide bonds. The first-order chi connectivity index (χ1) is 6.36. The molecule has 0 radical (unpaired) electrons. The Kier molecular flexibility index (Phi) is 4.39. The highest BCUT2D eigenvalue weighted by molar-refractivity contribution is 5.85. The Balaban J connectivity index is 0.000000980. The minimum Gasteiger partial charge on any atom is -0.378 e. The molecule has 2 rings (SSSR count). The number of hydrogen-bond donors (Lipinski definition) is 1. The Labute approximate surface area is 91.1 Å². The lowest BCUT2D eigenvalue weighted by molar-refractivity contribution is 0.0769. The normalized spacial score (nSPS) is 21.4. The van der Waals surface area contributed by atoms with E-state index in [9.17, 15) is 0 Å². The first-order valence-corrected chi connectivity index (χ1v) is 4.74. The van der Waals surface area contributed by atoms with Crippen LogP contribution in [0.4, 0.5) is 0 Å². The van der Waals surface area contributed by atoms with Gasteiger partial charge in [0.25, 0.3) is 0 Å². The maximum atomic E-state index is 5.40. The summed E-state index contributed by atoms with van der Waals surface area (Å²) < 4.78 is 5.40. The monoisotopic (exact) mass is 213 g/mol. The van der Waals surface area contributed by atoms with Crippen LogP contribution in [0.2, 0.25) is 0 Å². The molecule has 1 aliphatic heterocycles. The van der Waals surface area contributed by atoms with Crippen LogP contribution in [0.15, 0.2) is 24.3 Å². The van der Waals surface area contributed by atoms with Crippen molar-refractivity contribution in [1.29, 1.82) is 0 Å². The van der Waals surface area contributed by atoms with Gasteiger partial charge in [-0.15, -0.1) is 12.4 Å². The maximum absolute atomic E-state index is 5.40. The predicted molar refractivity (Wildman–Crippen MR) is 60.0 cm³/mol. The van der Waals surface area contributed by atoms with Gasteiger partial charge in [0.1, 0.15) is 0 Å². The third-order valence-corrected chi connectivity index (χ3v) is 2.40. The largest absolute Gasteiger partial charge is 0.378 e. The fourth-order valence-electron chi connectivity index (χ4n) is 1.58. The summed E-state index contributed by atoms with van der Waals surface area (Å²) in [6.07, 6.45) is 0. The zero-order valence-electron chi connectivity index (χ0n) is 8.32. The van der Waals surface area contributed by atoms with E-state index in [1.54, 1.807) is 0 Å². The fraction of sp³-hybridized carbons (Fsp3) is 0.455. The molecule has 1 aromatic carbocycles. The Morgan fingerprint density at radius 1 is 1.29 bits per heavy atom. The van der Waals surface area contributed by atoms with Crippen LogP contribution in [-0.2, 0) is 4.74 Å².